The molecule has 3 saturated heterocycles. The number of unbranched alkanes of at least 4 members (excludes halogenated alkanes) is 12. The summed E-state index contributed by atoms with van der Waals surface area (Å²) in [5.74, 6) is 2.34. The second kappa shape index (κ2) is 26.9. The summed E-state index contributed by atoms with van der Waals surface area (Å²) in [6.07, 6.45) is 18.4. The molecular weight excluding hydrogens is 949 g/mol. The summed E-state index contributed by atoms with van der Waals surface area (Å²) < 4.78 is 37.3. The van der Waals surface area contributed by atoms with Crippen LogP contribution in [-0.4, -0.2) is 116 Å². The van der Waals surface area contributed by atoms with Crippen LogP contribution in [0.2, 0.25) is 0 Å². The molecule has 9 atom stereocenters. The molecule has 21 heteroatoms. The molecule has 9 unspecified atom stereocenters. The van der Waals surface area contributed by atoms with Gasteiger partial charge in [-0.3, -0.25) is 13.7 Å². The number of nitrogens with zero attached hydrogens (tertiary/aromatic N) is 6. The van der Waals surface area contributed by atoms with Gasteiger partial charge in [0.1, 0.15) is 54.3 Å². The molecule has 0 bridgehead atoms. The average Bonchev–Trinajstić information content (AvgIpc) is 4.24. The van der Waals surface area contributed by atoms with Crippen LogP contribution in [0.15, 0.2) is 64.4 Å². The number of aliphatic hydroxyl groups is 6. The van der Waals surface area contributed by atoms with Crippen LogP contribution in [0.3, 0.4) is 0 Å². The number of hydrogen-bond donors (Lipinski definition) is 6. The Hall–Kier alpha value is -5.10. The minimum absolute atomic E-state index is 0.245. The average molecular weight is 1020 g/mol. The number of aryl methyl sites for hydroxylation is 3. The highest BCUT2D eigenvalue weighted by molar-refractivity contribution is 5.74. The predicted molar refractivity (Wildman–Crippen MR) is 268 cm³/mol. The quantitative estimate of drug-likeness (QED) is 0.0439. The van der Waals surface area contributed by atoms with E-state index in [0.29, 0.717) is 22.6 Å². The fourth-order valence-electron chi connectivity index (χ4n) is 9.53. The standard InChI is InChI=1S/C21H32N2O5.C19H28N2O5.C12H14N2O5/c1-2-3-4-5-6-7-8-9-10-16-11-15-13-23(21(26)22-20(15)27-16)19-12-17(25)18(14-24)28-19;1-2-3-4-5-6-7-8-14-9-13-11-21(19(24)20-18(13)25-14)17-10-15(23)16(12-22)26-17;1-6-2-7-4-14(12(17)13-11(7)18-6)10-3-8(16)9(5-15)19-10/h11,13,17-19,24-25H,2-10,12,14H2,1H3;9,11,15-17,22-23H,2-8,10,12H2,1H3;2,4,8-10,15-16H,3,5H2,1H3. The van der Waals surface area contributed by atoms with E-state index in [1.54, 1.807) is 31.6 Å². The molecule has 6 aromatic rings. The van der Waals surface area contributed by atoms with Crippen LogP contribution in [0, 0.1) is 6.92 Å². The molecule has 9 heterocycles. The van der Waals surface area contributed by atoms with E-state index in [9.17, 15) is 39.9 Å². The lowest BCUT2D eigenvalue weighted by molar-refractivity contribution is -0.0457. The summed E-state index contributed by atoms with van der Waals surface area (Å²) in [4.78, 5) is 48.3. The Balaban J connectivity index is 0.000000163. The van der Waals surface area contributed by atoms with Crippen LogP contribution in [0.4, 0.5) is 0 Å². The van der Waals surface area contributed by atoms with Crippen LogP contribution < -0.4 is 17.1 Å². The van der Waals surface area contributed by atoms with Gasteiger partial charge in [-0.15, -0.1) is 0 Å². The van der Waals surface area contributed by atoms with Crippen LogP contribution in [0.25, 0.3) is 33.3 Å². The monoisotopic (exact) mass is 1020 g/mol. The molecule has 0 amide bonds. The maximum absolute atomic E-state index is 12.3. The molecular formula is C52H74N6O15. The summed E-state index contributed by atoms with van der Waals surface area (Å²) in [7, 11) is 0. The zero-order chi connectivity index (χ0) is 52.0. The molecule has 6 N–H and O–H groups in total. The fourth-order valence-corrected chi connectivity index (χ4v) is 9.53. The molecule has 3 fully saturated rings. The molecule has 9 rings (SSSR count). The Bertz CT molecular complexity index is 2830. The lowest BCUT2D eigenvalue weighted by Crippen LogP contribution is -2.27. The Morgan fingerprint density at radius 2 is 0.795 bits per heavy atom. The SMILES string of the molecule is CCCCCCCCCCc1cc2cn(C3CC(O)C(CO)O3)c(=O)nc2o1.CCCCCCCCc1cc2cn(C3CC(O)C(CO)O3)c(=O)nc2o1.Cc1cc2cn(C3CC(O)C(CO)O3)c(=O)nc2o1. The highest BCUT2D eigenvalue weighted by Gasteiger charge is 2.37. The minimum atomic E-state index is -0.792. The van der Waals surface area contributed by atoms with E-state index in [1.165, 1.54) is 90.8 Å². The van der Waals surface area contributed by atoms with Gasteiger partial charge >= 0.3 is 17.1 Å². The summed E-state index contributed by atoms with van der Waals surface area (Å²) in [5, 5.41) is 59.1. The first-order valence-electron chi connectivity index (χ1n) is 26.2. The van der Waals surface area contributed by atoms with Gasteiger partial charge in [0, 0.05) is 50.7 Å². The lowest BCUT2D eigenvalue weighted by atomic mass is 10.1. The highest BCUT2D eigenvalue weighted by Crippen LogP contribution is 2.31. The van der Waals surface area contributed by atoms with E-state index in [0.717, 1.165) is 48.0 Å². The van der Waals surface area contributed by atoms with Crippen LogP contribution in [0.5, 0.6) is 0 Å². The first kappa shape index (κ1) is 55.6. The number of aromatic nitrogens is 6. The predicted octanol–water partition coefficient (Wildman–Crippen LogP) is 5.79. The van der Waals surface area contributed by atoms with Crippen LogP contribution in [-0.2, 0) is 27.1 Å². The summed E-state index contributed by atoms with van der Waals surface area (Å²) in [5.41, 5.74) is -0.490. The van der Waals surface area contributed by atoms with Crippen molar-refractivity contribution in [3.63, 3.8) is 0 Å². The van der Waals surface area contributed by atoms with Gasteiger partial charge < -0.3 is 58.1 Å². The van der Waals surface area contributed by atoms with Gasteiger partial charge in [-0.2, -0.15) is 15.0 Å². The van der Waals surface area contributed by atoms with Gasteiger partial charge in [-0.1, -0.05) is 90.9 Å². The van der Waals surface area contributed by atoms with Crippen molar-refractivity contribution in [2.75, 3.05) is 19.8 Å². The normalized spacial score (nSPS) is 23.9. The lowest BCUT2D eigenvalue weighted by Gasteiger charge is -2.13. The highest BCUT2D eigenvalue weighted by atomic mass is 16.6. The van der Waals surface area contributed by atoms with Gasteiger partial charge in [0.2, 0.25) is 17.1 Å². The van der Waals surface area contributed by atoms with E-state index < -0.39 is 72.4 Å². The van der Waals surface area contributed by atoms with E-state index >= 15 is 0 Å². The van der Waals surface area contributed by atoms with Crippen LogP contribution in [0.1, 0.15) is 159 Å². The topological polar surface area (TPSA) is 293 Å². The minimum Gasteiger partial charge on any atom is -0.443 e. The zero-order valence-corrected chi connectivity index (χ0v) is 42.3. The molecule has 0 saturated carbocycles. The van der Waals surface area contributed by atoms with Crippen molar-refractivity contribution in [1.82, 2.24) is 28.7 Å². The van der Waals surface area contributed by atoms with Crippen molar-refractivity contribution in [3.05, 3.63) is 85.5 Å². The number of furan rings is 3. The molecule has 0 radical (unpaired) electrons. The molecule has 0 spiro atoms. The molecule has 3 aliphatic rings. The van der Waals surface area contributed by atoms with Gasteiger partial charge in [-0.25, -0.2) is 14.4 Å². The third-order valence-corrected chi connectivity index (χ3v) is 13.7. The Morgan fingerprint density at radius 3 is 1.12 bits per heavy atom. The molecule has 3 aliphatic heterocycles. The number of aliphatic hydroxyl groups excluding tert-OH is 6. The van der Waals surface area contributed by atoms with Crippen LogP contribution >= 0.6 is 0 Å². The largest absolute Gasteiger partial charge is 0.443 e. The van der Waals surface area contributed by atoms with Crippen molar-refractivity contribution in [1.29, 1.82) is 0 Å². The molecule has 402 valence electrons. The Morgan fingerprint density at radius 1 is 0.479 bits per heavy atom. The first-order valence-corrected chi connectivity index (χ1v) is 26.2. The molecule has 0 aromatic carbocycles. The molecule has 0 aliphatic carbocycles. The maximum Gasteiger partial charge on any atom is 0.353 e. The van der Waals surface area contributed by atoms with E-state index in [4.69, 9.17) is 32.6 Å². The van der Waals surface area contributed by atoms with E-state index in [2.05, 4.69) is 28.8 Å². The Kier molecular flexibility index (Phi) is 20.5. The fraction of sp³-hybridized carbons (Fsp3) is 0.654. The second-order valence-corrected chi connectivity index (χ2v) is 19.4. The third-order valence-electron chi connectivity index (χ3n) is 13.7. The maximum atomic E-state index is 12.3. The number of rotatable bonds is 22. The van der Waals surface area contributed by atoms with Crippen molar-refractivity contribution in [3.8, 4) is 0 Å². The third kappa shape index (κ3) is 14.6. The molecule has 6 aromatic heterocycles. The van der Waals surface area contributed by atoms with Crippen molar-refractivity contribution < 1.29 is 58.1 Å². The first-order chi connectivity index (χ1) is 35.3. The van der Waals surface area contributed by atoms with Gasteiger partial charge in [0.15, 0.2) is 0 Å². The van der Waals surface area contributed by atoms with Crippen molar-refractivity contribution in [2.45, 2.75) is 198 Å². The number of fused-ring (bicyclic) bond motifs is 3. The van der Waals surface area contributed by atoms with E-state index in [-0.39, 0.29) is 44.8 Å². The summed E-state index contributed by atoms with van der Waals surface area (Å²) >= 11 is 0. The van der Waals surface area contributed by atoms with Crippen molar-refractivity contribution in [2.24, 2.45) is 0 Å². The zero-order valence-electron chi connectivity index (χ0n) is 42.3. The Labute approximate surface area is 422 Å². The summed E-state index contributed by atoms with van der Waals surface area (Å²) in [6, 6.07) is 5.61. The molecule has 73 heavy (non-hydrogen) atoms. The smallest absolute Gasteiger partial charge is 0.353 e. The number of hydrogen-bond acceptors (Lipinski definition) is 18. The summed E-state index contributed by atoms with van der Waals surface area (Å²) in [6.45, 7) is 5.36. The number of ether oxygens (including phenoxy) is 3. The molecule has 21 nitrogen and oxygen atoms in total. The van der Waals surface area contributed by atoms with Gasteiger partial charge in [0.25, 0.3) is 0 Å². The van der Waals surface area contributed by atoms with Gasteiger partial charge in [-0.05, 0) is 38.0 Å². The second-order valence-electron chi connectivity index (χ2n) is 19.4. The van der Waals surface area contributed by atoms with Crippen molar-refractivity contribution >= 4 is 33.3 Å². The van der Waals surface area contributed by atoms with Gasteiger partial charge in [0.05, 0.1) is 54.3 Å². The van der Waals surface area contributed by atoms with E-state index in [1.807, 2.05) is 12.1 Å².